The van der Waals surface area contributed by atoms with E-state index in [-0.39, 0.29) is 5.82 Å². The largest absolute Gasteiger partial charge is 0.310 e. The van der Waals surface area contributed by atoms with Crippen LogP contribution in [0.25, 0.3) is 0 Å². The van der Waals surface area contributed by atoms with Gasteiger partial charge in [-0.05, 0) is 50.1 Å². The molecule has 1 N–H and O–H groups in total. The van der Waals surface area contributed by atoms with E-state index in [0.29, 0.717) is 6.04 Å². The second kappa shape index (κ2) is 6.12. The van der Waals surface area contributed by atoms with Crippen LogP contribution in [0.1, 0.15) is 22.2 Å². The van der Waals surface area contributed by atoms with E-state index >= 15 is 0 Å². The lowest BCUT2D eigenvalue weighted by Crippen LogP contribution is -2.27. The van der Waals surface area contributed by atoms with E-state index in [9.17, 15) is 4.39 Å². The summed E-state index contributed by atoms with van der Waals surface area (Å²) in [4.78, 5) is 2.77. The van der Waals surface area contributed by atoms with Crippen molar-refractivity contribution in [3.63, 3.8) is 0 Å². The number of nitrogens with one attached hydrogen (secondary N) is 1. The Hall–Kier alpha value is -1.19. The molecule has 1 atom stereocenters. The highest BCUT2D eigenvalue weighted by molar-refractivity contribution is 7.11. The molecule has 0 saturated heterocycles. The summed E-state index contributed by atoms with van der Waals surface area (Å²) in [6.07, 6.45) is 1.04. The molecule has 1 aromatic heterocycles. The van der Waals surface area contributed by atoms with E-state index in [1.54, 1.807) is 0 Å². The molecule has 0 amide bonds. The Morgan fingerprint density at radius 1 is 1.17 bits per heavy atom. The number of thiophene rings is 1. The van der Waals surface area contributed by atoms with E-state index in [4.69, 9.17) is 0 Å². The molecule has 1 unspecified atom stereocenters. The molecule has 3 heteroatoms. The molecular weight excluding hydrogens is 245 g/mol. The van der Waals surface area contributed by atoms with E-state index in [0.717, 1.165) is 18.5 Å². The Balaban J connectivity index is 1.81. The van der Waals surface area contributed by atoms with E-state index in [2.05, 4.69) is 31.3 Å². The topological polar surface area (TPSA) is 12.0 Å². The molecule has 0 aliphatic carbocycles. The first-order valence-corrected chi connectivity index (χ1v) is 6.98. The fourth-order valence-corrected chi connectivity index (χ4v) is 2.88. The first-order valence-electron chi connectivity index (χ1n) is 6.16. The van der Waals surface area contributed by atoms with Crippen molar-refractivity contribution in [3.05, 3.63) is 57.5 Å². The minimum Gasteiger partial charge on any atom is -0.310 e. The number of halogens is 1. The molecule has 0 radical (unpaired) electrons. The Morgan fingerprint density at radius 3 is 2.50 bits per heavy atom. The maximum absolute atomic E-state index is 12.8. The average Bonchev–Trinajstić information content (AvgIpc) is 2.74. The van der Waals surface area contributed by atoms with Crippen LogP contribution in [-0.2, 0) is 13.0 Å². The summed E-state index contributed by atoms with van der Waals surface area (Å²) in [5.74, 6) is -0.180. The quantitative estimate of drug-likeness (QED) is 0.862. The molecule has 0 bridgehead atoms. The average molecular weight is 263 g/mol. The first-order chi connectivity index (χ1) is 8.63. The molecule has 0 aliphatic heterocycles. The number of hydrogen-bond acceptors (Lipinski definition) is 2. The van der Waals surface area contributed by atoms with Crippen molar-refractivity contribution in [1.82, 2.24) is 5.32 Å². The van der Waals surface area contributed by atoms with Crippen LogP contribution in [0.3, 0.4) is 0 Å². The lowest BCUT2D eigenvalue weighted by atomic mass is 10.1. The van der Waals surface area contributed by atoms with Gasteiger partial charge in [0.2, 0.25) is 0 Å². The molecule has 0 fully saturated rings. The molecule has 96 valence electrons. The number of aryl methyl sites for hydroxylation is 1. The maximum Gasteiger partial charge on any atom is 0.123 e. The minimum atomic E-state index is -0.180. The van der Waals surface area contributed by atoms with Gasteiger partial charge in [0, 0.05) is 22.3 Å². The normalized spacial score (nSPS) is 12.6. The van der Waals surface area contributed by atoms with Gasteiger partial charge in [0.05, 0.1) is 0 Å². The monoisotopic (exact) mass is 263 g/mol. The fraction of sp³-hybridized carbons (Fsp3) is 0.333. The predicted octanol–water partition coefficient (Wildman–Crippen LogP) is 3.92. The van der Waals surface area contributed by atoms with Crippen molar-refractivity contribution in [1.29, 1.82) is 0 Å². The van der Waals surface area contributed by atoms with Gasteiger partial charge in [-0.2, -0.15) is 0 Å². The molecule has 18 heavy (non-hydrogen) atoms. The minimum absolute atomic E-state index is 0.180. The zero-order chi connectivity index (χ0) is 13.0. The van der Waals surface area contributed by atoms with Crippen LogP contribution < -0.4 is 5.32 Å². The zero-order valence-corrected chi connectivity index (χ0v) is 11.6. The van der Waals surface area contributed by atoms with Gasteiger partial charge in [-0.3, -0.25) is 0 Å². The Kier molecular flexibility index (Phi) is 4.50. The van der Waals surface area contributed by atoms with Crippen molar-refractivity contribution < 1.29 is 4.39 Å². The van der Waals surface area contributed by atoms with Crippen molar-refractivity contribution in [2.24, 2.45) is 0 Å². The van der Waals surface area contributed by atoms with Gasteiger partial charge in [-0.25, -0.2) is 4.39 Å². The zero-order valence-electron chi connectivity index (χ0n) is 10.7. The van der Waals surface area contributed by atoms with Crippen molar-refractivity contribution in [2.45, 2.75) is 32.9 Å². The highest BCUT2D eigenvalue weighted by atomic mass is 32.1. The lowest BCUT2D eigenvalue weighted by molar-refractivity contribution is 0.547. The second-order valence-electron chi connectivity index (χ2n) is 4.62. The van der Waals surface area contributed by atoms with E-state index < -0.39 is 0 Å². The van der Waals surface area contributed by atoms with Crippen LogP contribution in [0.15, 0.2) is 36.4 Å². The number of rotatable bonds is 5. The van der Waals surface area contributed by atoms with Crippen LogP contribution in [0.5, 0.6) is 0 Å². The van der Waals surface area contributed by atoms with Gasteiger partial charge in [0.1, 0.15) is 5.82 Å². The Labute approximate surface area is 112 Å². The molecule has 1 nitrogen and oxygen atoms in total. The van der Waals surface area contributed by atoms with Gasteiger partial charge < -0.3 is 5.32 Å². The van der Waals surface area contributed by atoms with Gasteiger partial charge in [-0.1, -0.05) is 12.1 Å². The predicted molar refractivity (Wildman–Crippen MR) is 75.5 cm³/mol. The van der Waals surface area contributed by atoms with E-state index in [1.807, 2.05) is 23.5 Å². The van der Waals surface area contributed by atoms with Gasteiger partial charge >= 0.3 is 0 Å². The smallest absolute Gasteiger partial charge is 0.123 e. The molecular formula is C15H18FNS. The van der Waals surface area contributed by atoms with Gasteiger partial charge in [0.25, 0.3) is 0 Å². The summed E-state index contributed by atoms with van der Waals surface area (Å²) in [7, 11) is 0. The molecule has 0 spiro atoms. The number of benzene rings is 1. The molecule has 1 aromatic carbocycles. The molecule has 2 aromatic rings. The molecule has 0 aliphatic rings. The fourth-order valence-electron chi connectivity index (χ4n) is 1.86. The van der Waals surface area contributed by atoms with Gasteiger partial charge in [-0.15, -0.1) is 11.3 Å². The summed E-state index contributed by atoms with van der Waals surface area (Å²) < 4.78 is 12.8. The third-order valence-electron chi connectivity index (χ3n) is 2.87. The highest BCUT2D eigenvalue weighted by Gasteiger charge is 2.05. The summed E-state index contributed by atoms with van der Waals surface area (Å²) in [5, 5.41) is 3.46. The summed E-state index contributed by atoms with van der Waals surface area (Å²) in [6, 6.07) is 11.4. The summed E-state index contributed by atoms with van der Waals surface area (Å²) in [5.41, 5.74) is 1.12. The molecule has 2 rings (SSSR count). The highest BCUT2D eigenvalue weighted by Crippen LogP contribution is 2.16. The van der Waals surface area contributed by atoms with Crippen LogP contribution in [0, 0.1) is 12.7 Å². The maximum atomic E-state index is 12.8. The molecule has 1 heterocycles. The van der Waals surface area contributed by atoms with Crippen LogP contribution in [0.2, 0.25) is 0 Å². The third-order valence-corrected chi connectivity index (χ3v) is 3.89. The van der Waals surface area contributed by atoms with Crippen LogP contribution in [-0.4, -0.2) is 6.04 Å². The second-order valence-corrected chi connectivity index (χ2v) is 6.00. The third kappa shape index (κ3) is 3.93. The first kappa shape index (κ1) is 13.2. The summed E-state index contributed by atoms with van der Waals surface area (Å²) >= 11 is 1.85. The molecule has 0 saturated carbocycles. The van der Waals surface area contributed by atoms with Crippen molar-refractivity contribution in [3.8, 4) is 0 Å². The Morgan fingerprint density at radius 2 is 1.89 bits per heavy atom. The number of hydrogen-bond donors (Lipinski definition) is 1. The summed E-state index contributed by atoms with van der Waals surface area (Å²) in [6.45, 7) is 5.09. The van der Waals surface area contributed by atoms with Crippen LogP contribution >= 0.6 is 11.3 Å². The van der Waals surface area contributed by atoms with Crippen molar-refractivity contribution in [2.75, 3.05) is 0 Å². The Bertz CT molecular complexity index is 489. The van der Waals surface area contributed by atoms with Crippen molar-refractivity contribution >= 4 is 11.3 Å². The SMILES string of the molecule is Cc1ccc(CC(C)NCc2ccc(F)cc2)s1. The van der Waals surface area contributed by atoms with E-state index in [1.165, 1.54) is 21.9 Å². The standard InChI is InChI=1S/C15H18FNS/c1-11(9-15-8-3-12(2)18-15)17-10-13-4-6-14(16)7-5-13/h3-8,11,17H,9-10H2,1-2H3. The lowest BCUT2D eigenvalue weighted by Gasteiger charge is -2.12. The van der Waals surface area contributed by atoms with Gasteiger partial charge in [0.15, 0.2) is 0 Å². The van der Waals surface area contributed by atoms with Crippen LogP contribution in [0.4, 0.5) is 4.39 Å².